The molecule has 0 aromatic carbocycles. The van der Waals surface area contributed by atoms with Crippen molar-refractivity contribution in [1.82, 2.24) is 9.97 Å². The number of anilines is 1. The molecule has 1 rings (SSSR count). The van der Waals surface area contributed by atoms with E-state index in [0.29, 0.717) is 5.95 Å². The van der Waals surface area contributed by atoms with Crippen molar-refractivity contribution in [3.8, 4) is 0 Å². The molecule has 17 heavy (non-hydrogen) atoms. The van der Waals surface area contributed by atoms with Crippen LogP contribution in [0.5, 0.6) is 0 Å². The van der Waals surface area contributed by atoms with Gasteiger partial charge in [-0.2, -0.15) is 0 Å². The Labute approximate surface area is 103 Å². The Hall–Kier alpha value is -1.71. The molecule has 0 amide bonds. The Morgan fingerprint density at radius 1 is 1.35 bits per heavy atom. The lowest BCUT2D eigenvalue weighted by Gasteiger charge is -2.14. The summed E-state index contributed by atoms with van der Waals surface area (Å²) < 4.78 is 0. The number of hydrogen-bond acceptors (Lipinski definition) is 4. The Morgan fingerprint density at radius 3 is 2.47 bits per heavy atom. The van der Waals surface area contributed by atoms with E-state index in [1.807, 2.05) is 39.0 Å². The Bertz CT molecular complexity index is 458. The van der Waals surface area contributed by atoms with Gasteiger partial charge in [-0.25, -0.2) is 9.97 Å². The molecule has 4 nitrogen and oxygen atoms in total. The van der Waals surface area contributed by atoms with Crippen LogP contribution in [0.2, 0.25) is 0 Å². The highest BCUT2D eigenvalue weighted by Gasteiger charge is 2.11. The van der Waals surface area contributed by atoms with E-state index in [2.05, 4.69) is 28.0 Å². The van der Waals surface area contributed by atoms with Crippen LogP contribution < -0.4 is 4.90 Å². The van der Waals surface area contributed by atoms with Gasteiger partial charge in [0.2, 0.25) is 5.95 Å². The monoisotopic (exact) mass is 232 g/mol. The highest BCUT2D eigenvalue weighted by atomic mass is 15.2. The fraction of sp³-hybridized carbons (Fsp3) is 0.462. The number of rotatable bonds is 3. The Kier molecular flexibility index (Phi) is 4.37. The first-order chi connectivity index (χ1) is 8.01. The second-order valence-corrected chi connectivity index (χ2v) is 4.11. The zero-order chi connectivity index (χ0) is 13.0. The van der Waals surface area contributed by atoms with Gasteiger partial charge in [0.05, 0.1) is 11.4 Å². The molecule has 92 valence electrons. The maximum absolute atomic E-state index is 4.56. The van der Waals surface area contributed by atoms with Gasteiger partial charge in [-0.15, -0.1) is 0 Å². The van der Waals surface area contributed by atoms with Crippen LogP contribution in [0.25, 0.3) is 5.57 Å². The van der Waals surface area contributed by atoms with Crippen LogP contribution in [-0.4, -0.2) is 36.8 Å². The van der Waals surface area contributed by atoms with Crippen LogP contribution in [0.3, 0.4) is 0 Å². The molecule has 0 aliphatic carbocycles. The number of aromatic nitrogens is 2. The van der Waals surface area contributed by atoms with Crippen molar-refractivity contribution >= 4 is 17.2 Å². The van der Waals surface area contributed by atoms with Gasteiger partial charge in [0, 0.05) is 32.9 Å². The second-order valence-electron chi connectivity index (χ2n) is 4.11. The number of nitrogens with zero attached hydrogens (tertiary/aromatic N) is 4. The van der Waals surface area contributed by atoms with E-state index in [1.165, 1.54) is 0 Å². The third-order valence-electron chi connectivity index (χ3n) is 2.71. The summed E-state index contributed by atoms with van der Waals surface area (Å²) in [5.74, 6) is 0.704. The summed E-state index contributed by atoms with van der Waals surface area (Å²) >= 11 is 0. The summed E-state index contributed by atoms with van der Waals surface area (Å²) in [6.07, 6.45) is 3.92. The standard InChI is InChI=1S/C13H20N4/c1-7-9(2)11-8-15-13(17(5)6)16-12(11)10(3)14-4/h7-8H,1-6H3. The van der Waals surface area contributed by atoms with Crippen LogP contribution in [-0.2, 0) is 0 Å². The van der Waals surface area contributed by atoms with Gasteiger partial charge < -0.3 is 4.90 Å². The maximum Gasteiger partial charge on any atom is 0.225 e. The topological polar surface area (TPSA) is 41.4 Å². The van der Waals surface area contributed by atoms with Crippen LogP contribution in [0.15, 0.2) is 17.3 Å². The van der Waals surface area contributed by atoms with E-state index in [4.69, 9.17) is 0 Å². The zero-order valence-corrected chi connectivity index (χ0v) is 11.4. The lowest BCUT2D eigenvalue weighted by molar-refractivity contribution is 0.987. The first-order valence-corrected chi connectivity index (χ1v) is 5.62. The van der Waals surface area contributed by atoms with E-state index in [1.54, 1.807) is 7.05 Å². The highest BCUT2D eigenvalue weighted by molar-refractivity contribution is 6.01. The maximum atomic E-state index is 4.56. The zero-order valence-electron chi connectivity index (χ0n) is 11.4. The van der Waals surface area contributed by atoms with Crippen LogP contribution in [0.1, 0.15) is 32.0 Å². The largest absolute Gasteiger partial charge is 0.347 e. The molecule has 0 unspecified atom stereocenters. The van der Waals surface area contributed by atoms with Crippen molar-refractivity contribution in [2.24, 2.45) is 4.99 Å². The fourth-order valence-corrected chi connectivity index (χ4v) is 1.41. The summed E-state index contributed by atoms with van der Waals surface area (Å²) in [5, 5.41) is 0. The minimum absolute atomic E-state index is 0.704. The van der Waals surface area contributed by atoms with Crippen molar-refractivity contribution in [3.05, 3.63) is 23.5 Å². The summed E-state index contributed by atoms with van der Waals surface area (Å²) in [5.41, 5.74) is 4.03. The molecular formula is C13H20N4. The van der Waals surface area contributed by atoms with Crippen molar-refractivity contribution in [3.63, 3.8) is 0 Å². The van der Waals surface area contributed by atoms with Crippen molar-refractivity contribution < 1.29 is 0 Å². The van der Waals surface area contributed by atoms with Gasteiger partial charge in [0.1, 0.15) is 0 Å². The van der Waals surface area contributed by atoms with Crippen molar-refractivity contribution in [2.45, 2.75) is 20.8 Å². The molecule has 0 aliphatic rings. The molecule has 1 heterocycles. The third kappa shape index (κ3) is 2.90. The molecule has 0 saturated carbocycles. The Morgan fingerprint density at radius 2 is 2.00 bits per heavy atom. The lowest BCUT2D eigenvalue weighted by Crippen LogP contribution is -2.16. The van der Waals surface area contributed by atoms with E-state index in [-0.39, 0.29) is 0 Å². The van der Waals surface area contributed by atoms with E-state index in [9.17, 15) is 0 Å². The predicted molar refractivity (Wildman–Crippen MR) is 73.8 cm³/mol. The lowest BCUT2D eigenvalue weighted by atomic mass is 10.1. The molecule has 0 radical (unpaired) electrons. The van der Waals surface area contributed by atoms with Crippen LogP contribution >= 0.6 is 0 Å². The minimum Gasteiger partial charge on any atom is -0.347 e. The Balaban J connectivity index is 3.42. The minimum atomic E-state index is 0.704. The number of hydrogen-bond donors (Lipinski definition) is 0. The molecule has 1 aromatic heterocycles. The first-order valence-electron chi connectivity index (χ1n) is 5.62. The van der Waals surface area contributed by atoms with Gasteiger partial charge >= 0.3 is 0 Å². The van der Waals surface area contributed by atoms with E-state index >= 15 is 0 Å². The van der Waals surface area contributed by atoms with Gasteiger partial charge in [0.15, 0.2) is 0 Å². The quantitative estimate of drug-likeness (QED) is 0.751. The number of allylic oxidation sites excluding steroid dienone is 2. The van der Waals surface area contributed by atoms with Crippen LogP contribution in [0.4, 0.5) is 5.95 Å². The van der Waals surface area contributed by atoms with Gasteiger partial charge in [-0.05, 0) is 26.3 Å². The average molecular weight is 232 g/mol. The normalized spacial score (nSPS) is 12.8. The second kappa shape index (κ2) is 5.57. The molecule has 0 aliphatic heterocycles. The predicted octanol–water partition coefficient (Wildman–Crippen LogP) is 2.40. The fourth-order valence-electron chi connectivity index (χ4n) is 1.41. The molecule has 0 saturated heterocycles. The highest BCUT2D eigenvalue weighted by Crippen LogP contribution is 2.19. The molecule has 0 atom stereocenters. The molecule has 0 N–H and O–H groups in total. The molecule has 0 bridgehead atoms. The number of aliphatic imine (C=N–C) groups is 1. The summed E-state index contributed by atoms with van der Waals surface area (Å²) in [6, 6.07) is 0. The summed E-state index contributed by atoms with van der Waals surface area (Å²) in [7, 11) is 5.64. The van der Waals surface area contributed by atoms with Crippen molar-refractivity contribution in [2.75, 3.05) is 26.0 Å². The van der Waals surface area contributed by atoms with E-state index in [0.717, 1.165) is 22.5 Å². The summed E-state index contributed by atoms with van der Waals surface area (Å²) in [4.78, 5) is 15.0. The van der Waals surface area contributed by atoms with Gasteiger partial charge in [-0.1, -0.05) is 6.08 Å². The molecule has 4 heteroatoms. The third-order valence-corrected chi connectivity index (χ3v) is 2.71. The average Bonchev–Trinajstić information content (AvgIpc) is 2.35. The van der Waals surface area contributed by atoms with Gasteiger partial charge in [-0.3, -0.25) is 4.99 Å². The van der Waals surface area contributed by atoms with E-state index < -0.39 is 0 Å². The first kappa shape index (κ1) is 13.4. The van der Waals surface area contributed by atoms with Gasteiger partial charge in [0.25, 0.3) is 0 Å². The SMILES string of the molecule is CC=C(C)c1cnc(N(C)C)nc1C(C)=NC. The smallest absolute Gasteiger partial charge is 0.225 e. The molecule has 1 aromatic rings. The molecule has 0 spiro atoms. The summed E-state index contributed by atoms with van der Waals surface area (Å²) in [6.45, 7) is 6.03. The van der Waals surface area contributed by atoms with Crippen molar-refractivity contribution in [1.29, 1.82) is 0 Å². The molecule has 0 fully saturated rings. The van der Waals surface area contributed by atoms with Crippen LogP contribution in [0, 0.1) is 0 Å². The molecular weight excluding hydrogens is 212 g/mol.